The molecular formula is C26H31N5O3. The molecule has 0 bridgehead atoms. The van der Waals surface area contributed by atoms with Crippen LogP contribution < -0.4 is 10.6 Å². The average molecular weight is 462 g/mol. The van der Waals surface area contributed by atoms with Gasteiger partial charge in [0.05, 0.1) is 23.5 Å². The van der Waals surface area contributed by atoms with E-state index >= 15 is 0 Å². The molecule has 0 radical (unpaired) electrons. The zero-order valence-electron chi connectivity index (χ0n) is 19.7. The molecule has 1 aliphatic heterocycles. The molecule has 2 heterocycles. The van der Waals surface area contributed by atoms with Crippen LogP contribution in [-0.2, 0) is 17.9 Å². The summed E-state index contributed by atoms with van der Waals surface area (Å²) in [6.45, 7) is 8.69. The van der Waals surface area contributed by atoms with Crippen molar-refractivity contribution >= 4 is 17.5 Å². The molecule has 34 heavy (non-hydrogen) atoms. The van der Waals surface area contributed by atoms with Gasteiger partial charge in [-0.2, -0.15) is 0 Å². The third-order valence-corrected chi connectivity index (χ3v) is 5.91. The molecule has 1 aliphatic rings. The summed E-state index contributed by atoms with van der Waals surface area (Å²) in [5, 5.41) is 9.91. The van der Waals surface area contributed by atoms with Gasteiger partial charge in [-0.05, 0) is 31.5 Å². The number of benzene rings is 2. The maximum absolute atomic E-state index is 12.8. The number of para-hydroxylation sites is 1. The van der Waals surface area contributed by atoms with Gasteiger partial charge in [-0.15, -0.1) is 0 Å². The normalized spacial score (nSPS) is 14.6. The van der Waals surface area contributed by atoms with Gasteiger partial charge in [0, 0.05) is 45.3 Å². The summed E-state index contributed by atoms with van der Waals surface area (Å²) in [4.78, 5) is 29.9. The largest absolute Gasteiger partial charge is 0.361 e. The first-order valence-electron chi connectivity index (χ1n) is 11.6. The lowest BCUT2D eigenvalue weighted by atomic mass is 10.1. The second kappa shape index (κ2) is 11.1. The number of hydrogen-bond donors (Lipinski definition) is 2. The Bertz CT molecular complexity index is 1120. The van der Waals surface area contributed by atoms with Gasteiger partial charge in [-0.25, -0.2) is 0 Å². The van der Waals surface area contributed by atoms with E-state index < -0.39 is 0 Å². The van der Waals surface area contributed by atoms with Crippen LogP contribution in [0.5, 0.6) is 0 Å². The molecule has 0 unspecified atom stereocenters. The minimum atomic E-state index is -0.215. The number of carbonyl (C=O) groups excluding carboxylic acids is 2. The third kappa shape index (κ3) is 6.52. The Kier molecular flexibility index (Phi) is 7.72. The van der Waals surface area contributed by atoms with Crippen LogP contribution in [0.1, 0.15) is 32.9 Å². The van der Waals surface area contributed by atoms with Crippen LogP contribution in [0, 0.1) is 13.8 Å². The number of rotatable bonds is 8. The average Bonchev–Trinajstić information content (AvgIpc) is 3.24. The lowest BCUT2D eigenvalue weighted by molar-refractivity contribution is -0.117. The van der Waals surface area contributed by atoms with Crippen molar-refractivity contribution in [2.45, 2.75) is 26.9 Å². The first-order valence-corrected chi connectivity index (χ1v) is 11.6. The van der Waals surface area contributed by atoms with E-state index in [1.54, 1.807) is 18.2 Å². The number of aromatic nitrogens is 1. The predicted molar refractivity (Wildman–Crippen MR) is 130 cm³/mol. The van der Waals surface area contributed by atoms with Gasteiger partial charge in [0.2, 0.25) is 5.91 Å². The first-order chi connectivity index (χ1) is 16.5. The molecule has 1 fully saturated rings. The number of amides is 2. The smallest absolute Gasteiger partial charge is 0.253 e. The number of nitrogens with one attached hydrogen (secondary N) is 2. The zero-order valence-corrected chi connectivity index (χ0v) is 19.7. The zero-order chi connectivity index (χ0) is 23.9. The molecule has 1 aromatic heterocycles. The van der Waals surface area contributed by atoms with Crippen LogP contribution in [0.4, 0.5) is 5.69 Å². The SMILES string of the molecule is Cc1ccc(CNC(=O)c2ccccc2NC(=O)CN2CCN(Cc3cc(C)on3)CC2)cc1. The van der Waals surface area contributed by atoms with Crippen LogP contribution in [0.15, 0.2) is 59.1 Å². The van der Waals surface area contributed by atoms with E-state index in [1.807, 2.05) is 50.2 Å². The van der Waals surface area contributed by atoms with E-state index in [0.29, 0.717) is 17.8 Å². The molecule has 2 amide bonds. The summed E-state index contributed by atoms with van der Waals surface area (Å²) in [6, 6.07) is 17.1. The fourth-order valence-electron chi connectivity index (χ4n) is 3.99. The summed E-state index contributed by atoms with van der Waals surface area (Å²) < 4.78 is 5.14. The Labute approximate surface area is 199 Å². The van der Waals surface area contributed by atoms with Crippen molar-refractivity contribution in [1.29, 1.82) is 0 Å². The van der Waals surface area contributed by atoms with Crippen molar-refractivity contribution in [1.82, 2.24) is 20.3 Å². The van der Waals surface area contributed by atoms with Gasteiger partial charge in [-0.1, -0.05) is 47.1 Å². The summed E-state index contributed by atoms with van der Waals surface area (Å²) in [5.41, 5.74) is 4.11. The summed E-state index contributed by atoms with van der Waals surface area (Å²) in [6.07, 6.45) is 0. The van der Waals surface area contributed by atoms with E-state index in [2.05, 4.69) is 25.6 Å². The highest BCUT2D eigenvalue weighted by Crippen LogP contribution is 2.16. The second-order valence-electron chi connectivity index (χ2n) is 8.74. The van der Waals surface area contributed by atoms with Crippen molar-refractivity contribution in [3.05, 3.63) is 82.7 Å². The van der Waals surface area contributed by atoms with Gasteiger partial charge in [0.25, 0.3) is 5.91 Å². The molecule has 2 N–H and O–H groups in total. The van der Waals surface area contributed by atoms with Crippen LogP contribution in [0.3, 0.4) is 0 Å². The number of nitrogens with zero attached hydrogens (tertiary/aromatic N) is 3. The van der Waals surface area contributed by atoms with Crippen molar-refractivity contribution < 1.29 is 14.1 Å². The molecule has 0 atom stereocenters. The lowest BCUT2D eigenvalue weighted by Gasteiger charge is -2.33. The maximum atomic E-state index is 12.8. The molecule has 1 saturated heterocycles. The lowest BCUT2D eigenvalue weighted by Crippen LogP contribution is -2.48. The van der Waals surface area contributed by atoms with Gasteiger partial charge in [0.15, 0.2) is 0 Å². The predicted octanol–water partition coefficient (Wildman–Crippen LogP) is 2.98. The van der Waals surface area contributed by atoms with Crippen LogP contribution in [-0.4, -0.2) is 59.5 Å². The number of hydrogen-bond acceptors (Lipinski definition) is 6. The third-order valence-electron chi connectivity index (χ3n) is 5.91. The van der Waals surface area contributed by atoms with E-state index in [4.69, 9.17) is 4.52 Å². The number of anilines is 1. The molecule has 3 aromatic rings. The van der Waals surface area contributed by atoms with Gasteiger partial charge < -0.3 is 15.2 Å². The van der Waals surface area contributed by atoms with E-state index in [1.165, 1.54) is 5.56 Å². The Hall–Kier alpha value is -3.49. The Balaban J connectivity index is 1.26. The first kappa shape index (κ1) is 23.7. The Morgan fingerprint density at radius 2 is 1.68 bits per heavy atom. The number of aryl methyl sites for hydroxylation is 2. The summed E-state index contributed by atoms with van der Waals surface area (Å²) >= 11 is 0. The summed E-state index contributed by atoms with van der Waals surface area (Å²) in [5.74, 6) is 0.474. The van der Waals surface area contributed by atoms with E-state index in [-0.39, 0.29) is 18.4 Å². The van der Waals surface area contributed by atoms with Gasteiger partial charge >= 0.3 is 0 Å². The molecule has 8 heteroatoms. The molecule has 4 rings (SSSR count). The minimum absolute atomic E-state index is 0.126. The van der Waals surface area contributed by atoms with Crippen LogP contribution in [0.25, 0.3) is 0 Å². The van der Waals surface area contributed by atoms with E-state index in [0.717, 1.165) is 49.7 Å². The topological polar surface area (TPSA) is 90.7 Å². The highest BCUT2D eigenvalue weighted by Gasteiger charge is 2.21. The molecule has 0 aliphatic carbocycles. The molecule has 178 valence electrons. The van der Waals surface area contributed by atoms with Gasteiger partial charge in [0.1, 0.15) is 5.76 Å². The molecule has 0 spiro atoms. The van der Waals surface area contributed by atoms with E-state index in [9.17, 15) is 9.59 Å². The Morgan fingerprint density at radius 3 is 2.38 bits per heavy atom. The van der Waals surface area contributed by atoms with Crippen molar-refractivity contribution in [3.63, 3.8) is 0 Å². The second-order valence-corrected chi connectivity index (χ2v) is 8.74. The monoisotopic (exact) mass is 461 g/mol. The number of carbonyl (C=O) groups is 2. The fourth-order valence-corrected chi connectivity index (χ4v) is 3.99. The molecule has 8 nitrogen and oxygen atoms in total. The Morgan fingerprint density at radius 1 is 0.971 bits per heavy atom. The van der Waals surface area contributed by atoms with Crippen LogP contribution in [0.2, 0.25) is 0 Å². The summed E-state index contributed by atoms with van der Waals surface area (Å²) in [7, 11) is 0. The molecule has 0 saturated carbocycles. The van der Waals surface area contributed by atoms with Crippen LogP contribution >= 0.6 is 0 Å². The highest BCUT2D eigenvalue weighted by atomic mass is 16.5. The van der Waals surface area contributed by atoms with Crippen molar-refractivity contribution in [2.75, 3.05) is 38.0 Å². The fraction of sp³-hybridized carbons (Fsp3) is 0.346. The standard InChI is InChI=1S/C26H31N5O3/c1-19-7-9-21(10-8-19)16-27-26(33)23-5-3-4-6-24(23)28-25(32)18-31-13-11-30(12-14-31)17-22-15-20(2)34-29-22/h3-10,15H,11-14,16-18H2,1-2H3,(H,27,33)(H,28,32). The van der Waals surface area contributed by atoms with Gasteiger partial charge in [-0.3, -0.25) is 19.4 Å². The highest BCUT2D eigenvalue weighted by molar-refractivity contribution is 6.04. The minimum Gasteiger partial charge on any atom is -0.361 e. The quantitative estimate of drug-likeness (QED) is 0.536. The molecular weight excluding hydrogens is 430 g/mol. The molecule has 2 aromatic carbocycles. The van der Waals surface area contributed by atoms with Crippen molar-refractivity contribution in [3.8, 4) is 0 Å². The maximum Gasteiger partial charge on any atom is 0.253 e. The number of piperazine rings is 1. The van der Waals surface area contributed by atoms with Crippen molar-refractivity contribution in [2.24, 2.45) is 0 Å².